The van der Waals surface area contributed by atoms with Crippen molar-refractivity contribution in [2.75, 3.05) is 12.4 Å². The minimum Gasteiger partial charge on any atom is -0.494 e. The van der Waals surface area contributed by atoms with Crippen LogP contribution in [-0.2, 0) is 0 Å². The third kappa shape index (κ3) is 3.12. The van der Waals surface area contributed by atoms with Crippen molar-refractivity contribution in [3.8, 4) is 5.75 Å². The predicted molar refractivity (Wildman–Crippen MR) is 88.1 cm³/mol. The van der Waals surface area contributed by atoms with Crippen LogP contribution in [0.4, 0.5) is 5.82 Å². The molecule has 1 aromatic heterocycles. The number of fused-ring (bicyclic) bond motifs is 1. The maximum absolute atomic E-state index is 5.46. The lowest BCUT2D eigenvalue weighted by Crippen LogP contribution is -2.19. The number of pyridine rings is 1. The zero-order valence-electron chi connectivity index (χ0n) is 13.0. The number of hydrogen-bond donors (Lipinski definition) is 1. The fourth-order valence-electron chi connectivity index (χ4n) is 3.26. The number of anilines is 1. The second kappa shape index (κ2) is 6.33. The lowest BCUT2D eigenvalue weighted by molar-refractivity contribution is 0.419. The van der Waals surface area contributed by atoms with Crippen molar-refractivity contribution >= 4 is 16.7 Å². The van der Waals surface area contributed by atoms with Gasteiger partial charge in [0, 0.05) is 11.4 Å². The van der Waals surface area contributed by atoms with E-state index in [0.717, 1.165) is 17.1 Å². The quantitative estimate of drug-likeness (QED) is 0.830. The largest absolute Gasteiger partial charge is 0.494 e. The van der Waals surface area contributed by atoms with Crippen LogP contribution in [0.25, 0.3) is 10.9 Å². The fourth-order valence-corrected chi connectivity index (χ4v) is 3.26. The summed E-state index contributed by atoms with van der Waals surface area (Å²) in [4.78, 5) is 4.80. The highest BCUT2D eigenvalue weighted by atomic mass is 16.5. The monoisotopic (exact) mass is 284 g/mol. The highest BCUT2D eigenvalue weighted by Crippen LogP contribution is 2.29. The number of methoxy groups -OCH3 is 1. The van der Waals surface area contributed by atoms with Gasteiger partial charge in [-0.15, -0.1) is 0 Å². The second-order valence-electron chi connectivity index (χ2n) is 6.01. The summed E-state index contributed by atoms with van der Waals surface area (Å²) in [5, 5.41) is 4.81. The van der Waals surface area contributed by atoms with Crippen LogP contribution in [0.15, 0.2) is 24.3 Å². The number of ether oxygens (including phenoxy) is 1. The van der Waals surface area contributed by atoms with Gasteiger partial charge >= 0.3 is 0 Å². The molecule has 0 bridgehead atoms. The van der Waals surface area contributed by atoms with E-state index in [9.17, 15) is 0 Å². The first-order valence-electron chi connectivity index (χ1n) is 7.99. The van der Waals surface area contributed by atoms with Gasteiger partial charge in [0.05, 0.1) is 7.11 Å². The molecule has 112 valence electrons. The van der Waals surface area contributed by atoms with E-state index in [1.54, 1.807) is 7.11 Å². The average Bonchev–Trinajstić information content (AvgIpc) is 2.75. The number of benzene rings is 1. The summed E-state index contributed by atoms with van der Waals surface area (Å²) in [5.41, 5.74) is 2.20. The van der Waals surface area contributed by atoms with Gasteiger partial charge < -0.3 is 10.1 Å². The molecule has 1 aliphatic carbocycles. The van der Waals surface area contributed by atoms with Crippen LogP contribution >= 0.6 is 0 Å². The molecule has 2 aromatic rings. The molecule has 0 amide bonds. The van der Waals surface area contributed by atoms with Gasteiger partial charge in [-0.3, -0.25) is 0 Å². The average molecular weight is 284 g/mol. The highest BCUT2D eigenvalue weighted by Gasteiger charge is 2.14. The van der Waals surface area contributed by atoms with Crippen LogP contribution in [0, 0.1) is 6.92 Å². The van der Waals surface area contributed by atoms with Crippen molar-refractivity contribution in [2.45, 2.75) is 51.5 Å². The first-order valence-corrected chi connectivity index (χ1v) is 7.99. The topological polar surface area (TPSA) is 34.1 Å². The standard InChI is InChI=1S/C18H24N2O/c1-13-12-17(19-14-8-5-3-4-6-9-14)20-18-15(13)10-7-11-16(18)21-2/h7,10-12,14H,3-6,8-9H2,1-2H3,(H,19,20). The van der Waals surface area contributed by atoms with Crippen molar-refractivity contribution in [1.29, 1.82) is 0 Å². The second-order valence-corrected chi connectivity index (χ2v) is 6.01. The summed E-state index contributed by atoms with van der Waals surface area (Å²) in [6.07, 6.45) is 7.91. The summed E-state index contributed by atoms with van der Waals surface area (Å²) in [6.45, 7) is 2.14. The normalized spacial score (nSPS) is 16.7. The Balaban J connectivity index is 1.91. The van der Waals surface area contributed by atoms with E-state index in [4.69, 9.17) is 9.72 Å². The van der Waals surface area contributed by atoms with Crippen LogP contribution in [0.5, 0.6) is 5.75 Å². The number of hydrogen-bond acceptors (Lipinski definition) is 3. The SMILES string of the molecule is COc1cccc2c(C)cc(NC3CCCCCC3)nc12. The van der Waals surface area contributed by atoms with Crippen molar-refractivity contribution < 1.29 is 4.74 Å². The molecule has 3 heteroatoms. The summed E-state index contributed by atoms with van der Waals surface area (Å²) in [5.74, 6) is 1.83. The Hall–Kier alpha value is -1.77. The lowest BCUT2D eigenvalue weighted by Gasteiger charge is -2.18. The summed E-state index contributed by atoms with van der Waals surface area (Å²) in [6, 6.07) is 8.83. The third-order valence-corrected chi connectivity index (χ3v) is 4.44. The van der Waals surface area contributed by atoms with E-state index >= 15 is 0 Å². The molecule has 3 nitrogen and oxygen atoms in total. The summed E-state index contributed by atoms with van der Waals surface area (Å²) >= 11 is 0. The predicted octanol–water partition coefficient (Wildman–Crippen LogP) is 4.69. The summed E-state index contributed by atoms with van der Waals surface area (Å²) < 4.78 is 5.46. The van der Waals surface area contributed by atoms with Gasteiger partial charge in [0.25, 0.3) is 0 Å². The Morgan fingerprint density at radius 1 is 1.14 bits per heavy atom. The Morgan fingerprint density at radius 3 is 2.62 bits per heavy atom. The van der Waals surface area contributed by atoms with E-state index in [1.165, 1.54) is 49.5 Å². The molecular weight excluding hydrogens is 260 g/mol. The van der Waals surface area contributed by atoms with E-state index in [-0.39, 0.29) is 0 Å². The first-order chi connectivity index (χ1) is 10.3. The molecule has 0 saturated heterocycles. The minimum absolute atomic E-state index is 0.562. The van der Waals surface area contributed by atoms with Gasteiger partial charge in [-0.05, 0) is 37.5 Å². The fraction of sp³-hybridized carbons (Fsp3) is 0.500. The van der Waals surface area contributed by atoms with Gasteiger partial charge in [-0.2, -0.15) is 0 Å². The molecule has 1 heterocycles. The Kier molecular flexibility index (Phi) is 4.28. The van der Waals surface area contributed by atoms with E-state index in [0.29, 0.717) is 6.04 Å². The zero-order chi connectivity index (χ0) is 14.7. The van der Waals surface area contributed by atoms with Gasteiger partial charge in [0.1, 0.15) is 17.1 Å². The van der Waals surface area contributed by atoms with Gasteiger partial charge in [-0.1, -0.05) is 37.8 Å². The van der Waals surface area contributed by atoms with Crippen LogP contribution < -0.4 is 10.1 Å². The summed E-state index contributed by atoms with van der Waals surface area (Å²) in [7, 11) is 1.71. The molecule has 3 rings (SSSR count). The maximum atomic E-state index is 5.46. The van der Waals surface area contributed by atoms with E-state index < -0.39 is 0 Å². The molecule has 1 saturated carbocycles. The minimum atomic E-state index is 0.562. The van der Waals surface area contributed by atoms with Crippen LogP contribution in [0.2, 0.25) is 0 Å². The molecule has 0 atom stereocenters. The van der Waals surface area contributed by atoms with Crippen molar-refractivity contribution in [3.63, 3.8) is 0 Å². The molecular formula is C18H24N2O. The lowest BCUT2D eigenvalue weighted by atomic mass is 10.1. The molecule has 0 spiro atoms. The number of aromatic nitrogens is 1. The Bertz CT molecular complexity index is 616. The zero-order valence-corrected chi connectivity index (χ0v) is 13.0. The number of para-hydroxylation sites is 1. The highest BCUT2D eigenvalue weighted by molar-refractivity contribution is 5.88. The third-order valence-electron chi connectivity index (χ3n) is 4.44. The molecule has 0 radical (unpaired) electrons. The van der Waals surface area contributed by atoms with Crippen molar-refractivity contribution in [1.82, 2.24) is 4.98 Å². The van der Waals surface area contributed by atoms with Gasteiger partial charge in [0.15, 0.2) is 0 Å². The molecule has 1 aromatic carbocycles. The Morgan fingerprint density at radius 2 is 1.90 bits per heavy atom. The molecule has 0 aliphatic heterocycles. The molecule has 0 unspecified atom stereocenters. The molecule has 1 N–H and O–H groups in total. The molecule has 21 heavy (non-hydrogen) atoms. The Labute approximate surface area is 126 Å². The van der Waals surface area contributed by atoms with E-state index in [1.807, 2.05) is 12.1 Å². The van der Waals surface area contributed by atoms with E-state index in [2.05, 4.69) is 24.4 Å². The van der Waals surface area contributed by atoms with Crippen LogP contribution in [0.1, 0.15) is 44.1 Å². The van der Waals surface area contributed by atoms with Crippen LogP contribution in [0.3, 0.4) is 0 Å². The number of aryl methyl sites for hydroxylation is 1. The molecule has 1 aliphatic rings. The van der Waals surface area contributed by atoms with Gasteiger partial charge in [-0.25, -0.2) is 4.98 Å². The van der Waals surface area contributed by atoms with Crippen LogP contribution in [-0.4, -0.2) is 18.1 Å². The number of nitrogens with zero attached hydrogens (tertiary/aromatic N) is 1. The smallest absolute Gasteiger partial charge is 0.145 e. The maximum Gasteiger partial charge on any atom is 0.145 e. The number of nitrogens with one attached hydrogen (secondary N) is 1. The van der Waals surface area contributed by atoms with Crippen molar-refractivity contribution in [3.05, 3.63) is 29.8 Å². The molecule has 1 fully saturated rings. The van der Waals surface area contributed by atoms with Gasteiger partial charge in [0.2, 0.25) is 0 Å². The van der Waals surface area contributed by atoms with Crippen molar-refractivity contribution in [2.24, 2.45) is 0 Å². The number of rotatable bonds is 3. The first kappa shape index (κ1) is 14.2.